The number of aromatic nitrogens is 1. The molecule has 1 nitrogen and oxygen atoms in total. The highest BCUT2D eigenvalue weighted by Gasteiger charge is 2.02. The van der Waals surface area contributed by atoms with Crippen LogP contribution in [0.15, 0.2) is 42.6 Å². The van der Waals surface area contributed by atoms with E-state index in [0.29, 0.717) is 5.69 Å². The Morgan fingerprint density at radius 2 is 2.07 bits per heavy atom. The quantitative estimate of drug-likeness (QED) is 0.673. The molecule has 0 aliphatic heterocycles. The number of halogens is 1. The van der Waals surface area contributed by atoms with Crippen LogP contribution < -0.4 is 0 Å². The largest absolute Gasteiger partial charge is 0.256 e. The van der Waals surface area contributed by atoms with Gasteiger partial charge in [0.1, 0.15) is 5.82 Å². The molecule has 0 amide bonds. The molecule has 2 aromatic rings. The number of aryl methyl sites for hydroxylation is 1. The van der Waals surface area contributed by atoms with Crippen molar-refractivity contribution < 1.29 is 8.50 Å². The van der Waals surface area contributed by atoms with Crippen LogP contribution in [0, 0.1) is 12.7 Å². The Morgan fingerprint density at radius 3 is 2.71 bits per heavy atom. The summed E-state index contributed by atoms with van der Waals surface area (Å²) in [5.74, 6) is -0.751. The Morgan fingerprint density at radius 1 is 1.29 bits per heavy atom. The van der Waals surface area contributed by atoms with Gasteiger partial charge in [-0.2, -0.15) is 0 Å². The van der Waals surface area contributed by atoms with E-state index in [-0.39, 0.29) is 5.56 Å². The number of hydrogen-bond donors (Lipinski definition) is 0. The number of rotatable bonds is 1. The summed E-state index contributed by atoms with van der Waals surface area (Å²) in [6, 6.07) is 10.2. The molecule has 0 atom stereocenters. The molecule has 0 bridgehead atoms. The standard InChI is InChI=1S/C12H10FN/c1-9-8-14-12(7-11(9)13)10-5-3-2-4-6-10/h2-8H,1H3/i1D3. The first-order chi connectivity index (χ1) is 7.98. The molecule has 0 aliphatic carbocycles. The molecular formula is C12H10FN. The first kappa shape index (κ1) is 5.91. The number of pyridine rings is 1. The van der Waals surface area contributed by atoms with Gasteiger partial charge in [-0.15, -0.1) is 0 Å². The Bertz CT molecular complexity index is 523. The molecule has 14 heavy (non-hydrogen) atoms. The third-order valence-electron chi connectivity index (χ3n) is 1.92. The lowest BCUT2D eigenvalue weighted by molar-refractivity contribution is 0.616. The fourth-order valence-corrected chi connectivity index (χ4v) is 1.20. The van der Waals surface area contributed by atoms with Crippen LogP contribution in [0.1, 0.15) is 9.68 Å². The van der Waals surface area contributed by atoms with Gasteiger partial charge >= 0.3 is 0 Å². The smallest absolute Gasteiger partial charge is 0.129 e. The topological polar surface area (TPSA) is 12.9 Å². The first-order valence-corrected chi connectivity index (χ1v) is 4.20. The summed E-state index contributed by atoms with van der Waals surface area (Å²) < 4.78 is 35.1. The Kier molecular flexibility index (Phi) is 1.51. The molecule has 1 aromatic heterocycles. The van der Waals surface area contributed by atoms with Crippen molar-refractivity contribution in [1.82, 2.24) is 4.98 Å². The van der Waals surface area contributed by atoms with E-state index in [1.165, 1.54) is 0 Å². The van der Waals surface area contributed by atoms with E-state index in [2.05, 4.69) is 4.98 Å². The molecule has 1 heterocycles. The van der Waals surface area contributed by atoms with Crippen molar-refractivity contribution in [3.8, 4) is 11.3 Å². The zero-order chi connectivity index (χ0) is 12.5. The fourth-order valence-electron chi connectivity index (χ4n) is 1.20. The highest BCUT2D eigenvalue weighted by atomic mass is 19.1. The zero-order valence-corrected chi connectivity index (χ0v) is 7.37. The van der Waals surface area contributed by atoms with Crippen LogP contribution >= 0.6 is 0 Å². The minimum absolute atomic E-state index is 0.350. The van der Waals surface area contributed by atoms with E-state index in [0.717, 1.165) is 17.8 Å². The highest BCUT2D eigenvalue weighted by molar-refractivity contribution is 5.58. The molecule has 1 aromatic carbocycles. The summed E-state index contributed by atoms with van der Waals surface area (Å²) in [6.07, 6.45) is 1.07. The Hall–Kier alpha value is -1.70. The van der Waals surface area contributed by atoms with Crippen LogP contribution in [0.25, 0.3) is 11.3 Å². The minimum atomic E-state index is -2.47. The van der Waals surface area contributed by atoms with Gasteiger partial charge in [-0.05, 0) is 6.85 Å². The van der Waals surface area contributed by atoms with Crippen molar-refractivity contribution in [3.63, 3.8) is 0 Å². The van der Waals surface area contributed by atoms with Gasteiger partial charge in [0.15, 0.2) is 0 Å². The van der Waals surface area contributed by atoms with Crippen molar-refractivity contribution in [3.05, 3.63) is 54.0 Å². The van der Waals surface area contributed by atoms with Gasteiger partial charge in [-0.3, -0.25) is 4.98 Å². The van der Waals surface area contributed by atoms with E-state index >= 15 is 0 Å². The fraction of sp³-hybridized carbons (Fsp3) is 0.0833. The third kappa shape index (κ3) is 1.64. The van der Waals surface area contributed by atoms with Gasteiger partial charge in [0.05, 0.1) is 5.69 Å². The minimum Gasteiger partial charge on any atom is -0.256 e. The van der Waals surface area contributed by atoms with E-state index in [1.807, 2.05) is 18.2 Å². The molecule has 0 saturated heterocycles. The van der Waals surface area contributed by atoms with Gasteiger partial charge in [-0.1, -0.05) is 30.3 Å². The summed E-state index contributed by atoms with van der Waals surface area (Å²) in [7, 11) is 0. The van der Waals surface area contributed by atoms with Crippen molar-refractivity contribution in [1.29, 1.82) is 0 Å². The van der Waals surface area contributed by atoms with Crippen molar-refractivity contribution in [2.45, 2.75) is 6.85 Å². The molecule has 2 rings (SSSR count). The third-order valence-corrected chi connectivity index (χ3v) is 1.92. The normalized spacial score (nSPS) is 14.2. The molecule has 0 unspecified atom stereocenters. The van der Waals surface area contributed by atoms with Crippen molar-refractivity contribution in [2.24, 2.45) is 0 Å². The second-order valence-corrected chi connectivity index (χ2v) is 2.92. The van der Waals surface area contributed by atoms with Crippen LogP contribution in [0.2, 0.25) is 0 Å². The molecule has 0 radical (unpaired) electrons. The SMILES string of the molecule is [2H]C([2H])([2H])c1cnc(-c2ccccc2)cc1F. The number of hydrogen-bond acceptors (Lipinski definition) is 1. The van der Waals surface area contributed by atoms with Gasteiger partial charge in [0.2, 0.25) is 0 Å². The molecular weight excluding hydrogens is 177 g/mol. The summed E-state index contributed by atoms with van der Waals surface area (Å²) in [5.41, 5.74) is 0.830. The van der Waals surface area contributed by atoms with Crippen LogP contribution in [0.5, 0.6) is 0 Å². The van der Waals surface area contributed by atoms with Crippen LogP contribution in [-0.4, -0.2) is 4.98 Å². The maximum atomic E-state index is 13.6. The van der Waals surface area contributed by atoms with Crippen molar-refractivity contribution in [2.75, 3.05) is 0 Å². The molecule has 0 saturated carbocycles. The van der Waals surface area contributed by atoms with E-state index in [9.17, 15) is 4.39 Å². The summed E-state index contributed by atoms with van der Waals surface area (Å²) in [5, 5.41) is 0. The van der Waals surface area contributed by atoms with Crippen LogP contribution in [0.3, 0.4) is 0 Å². The average Bonchev–Trinajstić information content (AvgIpc) is 2.28. The zero-order valence-electron chi connectivity index (χ0n) is 10.4. The average molecular weight is 190 g/mol. The first-order valence-electron chi connectivity index (χ1n) is 5.70. The maximum absolute atomic E-state index is 13.6. The number of nitrogens with zero attached hydrogens (tertiary/aromatic N) is 1. The predicted molar refractivity (Wildman–Crippen MR) is 54.4 cm³/mol. The Labute approximate surface area is 86.5 Å². The lowest BCUT2D eigenvalue weighted by Crippen LogP contribution is -1.88. The molecule has 0 aliphatic rings. The van der Waals surface area contributed by atoms with Gasteiger partial charge in [0.25, 0.3) is 0 Å². The van der Waals surface area contributed by atoms with Gasteiger partial charge in [0, 0.05) is 27.5 Å². The second kappa shape index (κ2) is 3.58. The van der Waals surface area contributed by atoms with Crippen LogP contribution in [0.4, 0.5) is 4.39 Å². The molecule has 0 spiro atoms. The lowest BCUT2D eigenvalue weighted by atomic mass is 10.1. The lowest BCUT2D eigenvalue weighted by Gasteiger charge is -2.01. The maximum Gasteiger partial charge on any atom is 0.129 e. The number of benzene rings is 1. The molecule has 2 heteroatoms. The molecule has 0 N–H and O–H groups in total. The van der Waals surface area contributed by atoms with E-state index in [4.69, 9.17) is 4.11 Å². The second-order valence-electron chi connectivity index (χ2n) is 2.92. The van der Waals surface area contributed by atoms with E-state index in [1.54, 1.807) is 12.1 Å². The molecule has 70 valence electrons. The summed E-state index contributed by atoms with van der Waals surface area (Å²) in [4.78, 5) is 3.98. The predicted octanol–water partition coefficient (Wildman–Crippen LogP) is 3.20. The summed E-state index contributed by atoms with van der Waals surface area (Å²) in [6.45, 7) is -2.47. The van der Waals surface area contributed by atoms with Gasteiger partial charge < -0.3 is 0 Å². The van der Waals surface area contributed by atoms with Gasteiger partial charge in [-0.25, -0.2) is 4.39 Å². The molecule has 0 fully saturated rings. The summed E-state index contributed by atoms with van der Waals surface area (Å²) >= 11 is 0. The monoisotopic (exact) mass is 190 g/mol. The van der Waals surface area contributed by atoms with E-state index < -0.39 is 12.7 Å². The Balaban J connectivity index is 2.45. The van der Waals surface area contributed by atoms with Crippen LogP contribution in [-0.2, 0) is 0 Å². The van der Waals surface area contributed by atoms with Crippen molar-refractivity contribution >= 4 is 0 Å². The highest BCUT2D eigenvalue weighted by Crippen LogP contribution is 2.18.